The first-order valence-corrected chi connectivity index (χ1v) is 9.47. The molecule has 24 heavy (non-hydrogen) atoms. The summed E-state index contributed by atoms with van der Waals surface area (Å²) in [4.78, 5) is 33.7. The second kappa shape index (κ2) is 5.44. The van der Waals surface area contributed by atoms with Gasteiger partial charge in [0, 0.05) is 11.3 Å². The summed E-state index contributed by atoms with van der Waals surface area (Å²) in [6, 6.07) is 0. The second-order valence-corrected chi connectivity index (χ2v) is 9.26. The number of hydrogen-bond acceptors (Lipinski definition) is 5. The molecule has 8 heteroatoms. The van der Waals surface area contributed by atoms with Crippen molar-refractivity contribution in [2.24, 2.45) is 5.41 Å². The number of H-pyrrole nitrogens is 1. The van der Waals surface area contributed by atoms with Crippen LogP contribution >= 0.6 is 34.5 Å². The molecule has 0 aliphatic heterocycles. The van der Waals surface area contributed by atoms with Gasteiger partial charge in [0.1, 0.15) is 27.0 Å². The first-order valence-electron chi connectivity index (χ1n) is 7.90. The maximum atomic E-state index is 12.4. The Balaban J connectivity index is 1.58. The van der Waals surface area contributed by atoms with Crippen molar-refractivity contribution < 1.29 is 9.53 Å². The van der Waals surface area contributed by atoms with Crippen molar-refractivity contribution >= 4 is 50.7 Å². The van der Waals surface area contributed by atoms with E-state index in [9.17, 15) is 9.59 Å². The first-order chi connectivity index (χ1) is 11.3. The lowest BCUT2D eigenvalue weighted by Gasteiger charge is -2.11. The topological polar surface area (TPSA) is 72.0 Å². The predicted molar refractivity (Wildman–Crippen MR) is 93.8 cm³/mol. The van der Waals surface area contributed by atoms with Crippen LogP contribution in [0.3, 0.4) is 0 Å². The van der Waals surface area contributed by atoms with Gasteiger partial charge in [0.2, 0.25) is 0 Å². The Hall–Kier alpha value is -1.11. The molecule has 1 N–H and O–H groups in total. The van der Waals surface area contributed by atoms with Crippen LogP contribution in [0.15, 0.2) is 4.79 Å². The summed E-state index contributed by atoms with van der Waals surface area (Å²) in [6.45, 7) is 1.58. The Morgan fingerprint density at radius 3 is 2.79 bits per heavy atom. The number of ether oxygens (including phenoxy) is 1. The van der Waals surface area contributed by atoms with Crippen LogP contribution in [0.25, 0.3) is 10.2 Å². The van der Waals surface area contributed by atoms with Crippen LogP contribution in [0.1, 0.15) is 42.5 Å². The van der Waals surface area contributed by atoms with Gasteiger partial charge in [-0.25, -0.2) is 4.98 Å². The highest BCUT2D eigenvalue weighted by Gasteiger charge is 2.69. The van der Waals surface area contributed by atoms with Crippen LogP contribution in [0.2, 0.25) is 0 Å². The predicted octanol–water partition coefficient (Wildman–Crippen LogP) is 3.49. The quantitative estimate of drug-likeness (QED) is 0.647. The number of aromatic amines is 1. The highest BCUT2D eigenvalue weighted by atomic mass is 35.5. The fraction of sp³-hybridized carbons (Fsp3) is 0.562. The summed E-state index contributed by atoms with van der Waals surface area (Å²) < 4.78 is 4.19. The lowest BCUT2D eigenvalue weighted by Crippen LogP contribution is -2.22. The largest absolute Gasteiger partial charge is 0.457 e. The second-order valence-electron chi connectivity index (χ2n) is 6.69. The minimum absolute atomic E-state index is 0.0912. The van der Waals surface area contributed by atoms with Gasteiger partial charge in [0.05, 0.1) is 5.39 Å². The summed E-state index contributed by atoms with van der Waals surface area (Å²) in [6.07, 6.45) is 4.56. The molecule has 2 heterocycles. The maximum Gasteiger partial charge on any atom is 0.315 e. The van der Waals surface area contributed by atoms with Crippen molar-refractivity contribution in [2.45, 2.75) is 50.0 Å². The van der Waals surface area contributed by atoms with Crippen LogP contribution in [0.5, 0.6) is 0 Å². The maximum absolute atomic E-state index is 12.4. The zero-order chi connectivity index (χ0) is 17.1. The van der Waals surface area contributed by atoms with Gasteiger partial charge in [-0.05, 0) is 38.2 Å². The average molecular weight is 387 g/mol. The monoisotopic (exact) mass is 386 g/mol. The third-order valence-corrected chi connectivity index (χ3v) is 7.21. The van der Waals surface area contributed by atoms with Crippen LogP contribution in [0, 0.1) is 5.41 Å². The number of nitrogens with one attached hydrogen (secondary N) is 1. The highest BCUT2D eigenvalue weighted by Crippen LogP contribution is 2.64. The molecule has 1 fully saturated rings. The molecule has 0 radical (unpaired) electrons. The van der Waals surface area contributed by atoms with Gasteiger partial charge in [-0.2, -0.15) is 0 Å². The van der Waals surface area contributed by atoms with Crippen molar-refractivity contribution in [3.8, 4) is 0 Å². The van der Waals surface area contributed by atoms with Gasteiger partial charge >= 0.3 is 5.97 Å². The van der Waals surface area contributed by atoms with E-state index in [1.165, 1.54) is 4.88 Å². The number of rotatable bonds is 3. The SMILES string of the molecule is C[C@@]1(C(=O)OCc2nc3sc4c(c3c(=O)[nH]2)CCCC4)CC1(Cl)Cl. The fourth-order valence-corrected chi connectivity index (χ4v) is 5.16. The lowest BCUT2D eigenvalue weighted by molar-refractivity contribution is -0.151. The minimum Gasteiger partial charge on any atom is -0.457 e. The molecule has 5 nitrogen and oxygen atoms in total. The number of carbonyl (C=O) groups is 1. The van der Waals surface area contributed by atoms with Crippen LogP contribution in [0.4, 0.5) is 0 Å². The summed E-state index contributed by atoms with van der Waals surface area (Å²) >= 11 is 13.5. The first kappa shape index (κ1) is 16.4. The number of fused-ring (bicyclic) bond motifs is 3. The Bertz CT molecular complexity index is 905. The minimum atomic E-state index is -1.07. The van der Waals surface area contributed by atoms with E-state index in [1.54, 1.807) is 18.3 Å². The number of halogens is 2. The number of carbonyl (C=O) groups excluding carboxylic acids is 1. The number of thiophene rings is 1. The summed E-state index contributed by atoms with van der Waals surface area (Å²) in [5.74, 6) is -0.126. The van der Waals surface area contributed by atoms with Crippen molar-refractivity contribution in [1.29, 1.82) is 0 Å². The van der Waals surface area contributed by atoms with E-state index in [-0.39, 0.29) is 12.2 Å². The van der Waals surface area contributed by atoms with Crippen LogP contribution < -0.4 is 5.56 Å². The molecule has 2 aromatic heterocycles. The van der Waals surface area contributed by atoms with E-state index in [0.717, 1.165) is 36.1 Å². The molecule has 2 aliphatic carbocycles. The molecular weight excluding hydrogens is 371 g/mol. The Kier molecular flexibility index (Phi) is 3.71. The van der Waals surface area contributed by atoms with Gasteiger partial charge < -0.3 is 9.72 Å². The van der Waals surface area contributed by atoms with Gasteiger partial charge in [-0.15, -0.1) is 34.5 Å². The molecule has 0 unspecified atom stereocenters. The van der Waals surface area contributed by atoms with E-state index >= 15 is 0 Å². The van der Waals surface area contributed by atoms with E-state index in [4.69, 9.17) is 27.9 Å². The number of nitrogens with zero attached hydrogens (tertiary/aromatic N) is 1. The Morgan fingerprint density at radius 1 is 1.38 bits per heavy atom. The number of alkyl halides is 2. The third kappa shape index (κ3) is 2.47. The molecule has 0 saturated heterocycles. The molecule has 128 valence electrons. The molecule has 0 aromatic carbocycles. The highest BCUT2D eigenvalue weighted by molar-refractivity contribution is 7.18. The van der Waals surface area contributed by atoms with Gasteiger partial charge in [0.25, 0.3) is 5.56 Å². The fourth-order valence-electron chi connectivity index (χ4n) is 3.19. The smallest absolute Gasteiger partial charge is 0.315 e. The Labute approximate surface area is 152 Å². The molecule has 1 saturated carbocycles. The van der Waals surface area contributed by atoms with E-state index < -0.39 is 15.7 Å². The third-order valence-electron chi connectivity index (χ3n) is 4.92. The normalized spacial score (nSPS) is 24.6. The zero-order valence-electron chi connectivity index (χ0n) is 13.1. The number of hydrogen-bond donors (Lipinski definition) is 1. The standard InChI is InChI=1S/C16H16Cl2N2O3S/c1-15(7-16(15,17)18)14(22)23-6-10-19-12(21)11-8-4-2-3-5-9(8)24-13(11)20-10/h2-7H2,1H3,(H,19,20,21)/t15-/m0/s1. The number of aryl methyl sites for hydroxylation is 2. The number of esters is 1. The van der Waals surface area contributed by atoms with E-state index in [2.05, 4.69) is 9.97 Å². The molecule has 0 spiro atoms. The summed E-state index contributed by atoms with van der Waals surface area (Å²) in [7, 11) is 0. The van der Waals surface area contributed by atoms with Gasteiger partial charge in [-0.3, -0.25) is 9.59 Å². The van der Waals surface area contributed by atoms with E-state index in [1.807, 2.05) is 0 Å². The van der Waals surface area contributed by atoms with Crippen molar-refractivity contribution in [2.75, 3.05) is 0 Å². The summed E-state index contributed by atoms with van der Waals surface area (Å²) in [5.41, 5.74) is 0.0907. The summed E-state index contributed by atoms with van der Waals surface area (Å²) in [5, 5.41) is 0.694. The average Bonchev–Trinajstić information content (AvgIpc) is 2.90. The zero-order valence-corrected chi connectivity index (χ0v) is 15.4. The van der Waals surface area contributed by atoms with Crippen molar-refractivity contribution in [1.82, 2.24) is 9.97 Å². The molecule has 0 bridgehead atoms. The molecule has 4 rings (SSSR count). The molecular formula is C16H16Cl2N2O3S. The molecule has 1 atom stereocenters. The van der Waals surface area contributed by atoms with Gasteiger partial charge in [0.15, 0.2) is 0 Å². The molecule has 0 amide bonds. The van der Waals surface area contributed by atoms with Crippen LogP contribution in [-0.4, -0.2) is 20.3 Å². The Morgan fingerprint density at radius 2 is 2.08 bits per heavy atom. The van der Waals surface area contributed by atoms with E-state index in [0.29, 0.717) is 17.6 Å². The van der Waals surface area contributed by atoms with Crippen molar-refractivity contribution in [3.63, 3.8) is 0 Å². The lowest BCUT2D eigenvalue weighted by atomic mass is 9.97. The molecule has 2 aromatic rings. The van der Waals surface area contributed by atoms with Crippen LogP contribution in [-0.2, 0) is 29.0 Å². The van der Waals surface area contributed by atoms with Crippen molar-refractivity contribution in [3.05, 3.63) is 26.6 Å². The number of aromatic nitrogens is 2. The molecule has 2 aliphatic rings. The van der Waals surface area contributed by atoms with Gasteiger partial charge in [-0.1, -0.05) is 0 Å².